The Morgan fingerprint density at radius 3 is 2.67 bits per heavy atom. The lowest BCUT2D eigenvalue weighted by molar-refractivity contribution is 0.473. The molecule has 0 fully saturated rings. The monoisotopic (exact) mass is 167 g/mol. The van der Waals surface area contributed by atoms with Gasteiger partial charge in [0.25, 0.3) is 0 Å². The summed E-state index contributed by atoms with van der Waals surface area (Å²) < 4.78 is 1.82. The molecule has 0 aliphatic rings. The molecule has 68 valence electrons. The number of nitrogens with zero attached hydrogens (tertiary/aromatic N) is 2. The van der Waals surface area contributed by atoms with Crippen molar-refractivity contribution < 1.29 is 0 Å². The van der Waals surface area contributed by atoms with E-state index < -0.39 is 0 Å². The maximum absolute atomic E-state index is 5.86. The molecule has 0 amide bonds. The predicted molar refractivity (Wildman–Crippen MR) is 49.8 cm³/mol. The molecular formula is C9H17N3. The van der Waals surface area contributed by atoms with Crippen molar-refractivity contribution in [2.45, 2.75) is 32.2 Å². The van der Waals surface area contributed by atoms with Gasteiger partial charge in [-0.3, -0.25) is 4.68 Å². The van der Waals surface area contributed by atoms with Crippen molar-refractivity contribution in [3.05, 3.63) is 18.0 Å². The predicted octanol–water partition coefficient (Wildman–Crippen LogP) is 1.09. The highest BCUT2D eigenvalue weighted by molar-refractivity contribution is 4.99. The molecule has 2 N–H and O–H groups in total. The fourth-order valence-corrected chi connectivity index (χ4v) is 1.05. The fourth-order valence-electron chi connectivity index (χ4n) is 1.05. The summed E-state index contributed by atoms with van der Waals surface area (Å²) in [5.74, 6) is 0. The quantitative estimate of drug-likeness (QED) is 0.732. The number of aryl methyl sites for hydroxylation is 2. The van der Waals surface area contributed by atoms with Crippen molar-refractivity contribution >= 4 is 0 Å². The van der Waals surface area contributed by atoms with E-state index in [1.165, 1.54) is 0 Å². The molecule has 0 saturated carbocycles. The highest BCUT2D eigenvalue weighted by Gasteiger charge is 2.10. The zero-order chi connectivity index (χ0) is 9.19. The lowest BCUT2D eigenvalue weighted by atomic mass is 9.99. The van der Waals surface area contributed by atoms with Gasteiger partial charge in [0.1, 0.15) is 0 Å². The van der Waals surface area contributed by atoms with Gasteiger partial charge < -0.3 is 5.73 Å². The van der Waals surface area contributed by atoms with Gasteiger partial charge in [-0.15, -0.1) is 0 Å². The molecule has 0 aromatic carbocycles. The van der Waals surface area contributed by atoms with Crippen molar-refractivity contribution in [2.24, 2.45) is 12.8 Å². The Hall–Kier alpha value is -0.830. The molecule has 0 atom stereocenters. The van der Waals surface area contributed by atoms with Gasteiger partial charge in [0.2, 0.25) is 0 Å². The Labute approximate surface area is 73.6 Å². The molecule has 0 spiro atoms. The van der Waals surface area contributed by atoms with E-state index in [-0.39, 0.29) is 5.54 Å². The van der Waals surface area contributed by atoms with Crippen LogP contribution in [-0.2, 0) is 13.5 Å². The Kier molecular flexibility index (Phi) is 2.52. The first-order valence-electron chi connectivity index (χ1n) is 4.25. The first-order chi connectivity index (χ1) is 5.47. The number of rotatable bonds is 3. The average molecular weight is 167 g/mol. The SMILES string of the molecule is Cn1ccc(CCC(C)(C)N)n1. The maximum Gasteiger partial charge on any atom is 0.0625 e. The number of hydrogen-bond donors (Lipinski definition) is 1. The summed E-state index contributed by atoms with van der Waals surface area (Å²) in [6, 6.07) is 2.03. The summed E-state index contributed by atoms with van der Waals surface area (Å²) in [7, 11) is 1.93. The van der Waals surface area contributed by atoms with Gasteiger partial charge in [-0.05, 0) is 32.8 Å². The molecule has 12 heavy (non-hydrogen) atoms. The highest BCUT2D eigenvalue weighted by Crippen LogP contribution is 2.08. The maximum atomic E-state index is 5.86. The molecule has 0 radical (unpaired) electrons. The zero-order valence-electron chi connectivity index (χ0n) is 8.04. The third-order valence-electron chi connectivity index (χ3n) is 1.79. The lowest BCUT2D eigenvalue weighted by Gasteiger charge is -2.16. The summed E-state index contributed by atoms with van der Waals surface area (Å²) in [6.45, 7) is 4.08. The standard InChI is InChI=1S/C9H17N3/c1-9(2,10)6-4-8-5-7-12(3)11-8/h5,7H,4,6,10H2,1-3H3. The molecule has 1 aromatic rings. The molecule has 3 heteroatoms. The molecule has 0 aliphatic carbocycles. The first kappa shape index (κ1) is 9.26. The first-order valence-corrected chi connectivity index (χ1v) is 4.25. The third-order valence-corrected chi connectivity index (χ3v) is 1.79. The lowest BCUT2D eigenvalue weighted by Crippen LogP contribution is -2.32. The van der Waals surface area contributed by atoms with Crippen molar-refractivity contribution in [3.63, 3.8) is 0 Å². The fraction of sp³-hybridized carbons (Fsp3) is 0.667. The van der Waals surface area contributed by atoms with Gasteiger partial charge in [0.05, 0.1) is 5.69 Å². The van der Waals surface area contributed by atoms with Crippen LogP contribution in [0.2, 0.25) is 0 Å². The molecule has 0 bridgehead atoms. The van der Waals surface area contributed by atoms with Crippen molar-refractivity contribution in [3.8, 4) is 0 Å². The second kappa shape index (κ2) is 3.27. The van der Waals surface area contributed by atoms with Crippen molar-refractivity contribution in [1.82, 2.24) is 9.78 Å². The van der Waals surface area contributed by atoms with E-state index in [4.69, 9.17) is 5.73 Å². The summed E-state index contributed by atoms with van der Waals surface area (Å²) in [6.07, 6.45) is 3.90. The summed E-state index contributed by atoms with van der Waals surface area (Å²) in [5, 5.41) is 4.27. The Morgan fingerprint density at radius 2 is 2.25 bits per heavy atom. The van der Waals surface area contributed by atoms with Gasteiger partial charge in [0.15, 0.2) is 0 Å². The molecule has 1 rings (SSSR count). The smallest absolute Gasteiger partial charge is 0.0625 e. The van der Waals surface area contributed by atoms with Gasteiger partial charge in [-0.2, -0.15) is 5.10 Å². The van der Waals surface area contributed by atoms with Crippen LogP contribution in [0.5, 0.6) is 0 Å². The van der Waals surface area contributed by atoms with Gasteiger partial charge in [-0.1, -0.05) is 0 Å². The average Bonchev–Trinajstić information content (AvgIpc) is 2.30. The van der Waals surface area contributed by atoms with Crippen LogP contribution < -0.4 is 5.73 Å². The van der Waals surface area contributed by atoms with Crippen LogP contribution in [0.1, 0.15) is 26.0 Å². The number of aromatic nitrogens is 2. The van der Waals surface area contributed by atoms with E-state index in [1.807, 2.05) is 37.8 Å². The Morgan fingerprint density at radius 1 is 1.58 bits per heavy atom. The summed E-state index contributed by atoms with van der Waals surface area (Å²) in [5.41, 5.74) is 6.89. The number of nitrogens with two attached hydrogens (primary N) is 1. The summed E-state index contributed by atoms with van der Waals surface area (Å²) in [4.78, 5) is 0. The molecule has 0 aliphatic heterocycles. The Bertz CT molecular complexity index is 245. The molecular weight excluding hydrogens is 150 g/mol. The molecule has 0 unspecified atom stereocenters. The van der Waals surface area contributed by atoms with Crippen LogP contribution in [0.3, 0.4) is 0 Å². The minimum absolute atomic E-state index is 0.0858. The number of hydrogen-bond acceptors (Lipinski definition) is 2. The van der Waals surface area contributed by atoms with E-state index in [9.17, 15) is 0 Å². The molecule has 1 aromatic heterocycles. The molecule has 1 heterocycles. The largest absolute Gasteiger partial charge is 0.326 e. The van der Waals surface area contributed by atoms with Crippen LogP contribution in [0.25, 0.3) is 0 Å². The second-order valence-corrected chi connectivity index (χ2v) is 3.97. The van der Waals surface area contributed by atoms with E-state index in [2.05, 4.69) is 5.10 Å². The van der Waals surface area contributed by atoms with E-state index in [0.717, 1.165) is 18.5 Å². The van der Waals surface area contributed by atoms with E-state index in [1.54, 1.807) is 0 Å². The van der Waals surface area contributed by atoms with Gasteiger partial charge in [-0.25, -0.2) is 0 Å². The minimum atomic E-state index is -0.0858. The van der Waals surface area contributed by atoms with E-state index >= 15 is 0 Å². The normalized spacial score (nSPS) is 12.0. The highest BCUT2D eigenvalue weighted by atomic mass is 15.2. The topological polar surface area (TPSA) is 43.8 Å². The van der Waals surface area contributed by atoms with Crippen LogP contribution in [0.4, 0.5) is 0 Å². The summed E-state index contributed by atoms with van der Waals surface area (Å²) >= 11 is 0. The zero-order valence-corrected chi connectivity index (χ0v) is 8.04. The van der Waals surface area contributed by atoms with Crippen molar-refractivity contribution in [2.75, 3.05) is 0 Å². The van der Waals surface area contributed by atoms with E-state index in [0.29, 0.717) is 0 Å². The van der Waals surface area contributed by atoms with Gasteiger partial charge >= 0.3 is 0 Å². The van der Waals surface area contributed by atoms with Crippen LogP contribution in [0, 0.1) is 0 Å². The Balaban J connectivity index is 2.44. The van der Waals surface area contributed by atoms with Crippen LogP contribution in [0.15, 0.2) is 12.3 Å². The molecule has 3 nitrogen and oxygen atoms in total. The minimum Gasteiger partial charge on any atom is -0.326 e. The van der Waals surface area contributed by atoms with Crippen LogP contribution >= 0.6 is 0 Å². The third kappa shape index (κ3) is 3.05. The van der Waals surface area contributed by atoms with Crippen molar-refractivity contribution in [1.29, 1.82) is 0 Å². The van der Waals surface area contributed by atoms with Crippen LogP contribution in [-0.4, -0.2) is 15.3 Å². The second-order valence-electron chi connectivity index (χ2n) is 3.97. The molecule has 0 saturated heterocycles. The van der Waals surface area contributed by atoms with Gasteiger partial charge in [0, 0.05) is 18.8 Å².